The molecule has 4 aliphatic carbocycles. The first-order valence-corrected chi connectivity index (χ1v) is 24.2. The summed E-state index contributed by atoms with van der Waals surface area (Å²) < 4.78 is 0. The zero-order chi connectivity index (χ0) is 45.4. The molecule has 0 fully saturated rings. The van der Waals surface area contributed by atoms with Gasteiger partial charge in [-0.05, 0) is 183 Å². The van der Waals surface area contributed by atoms with Crippen LogP contribution in [-0.4, -0.2) is 0 Å². The minimum atomic E-state index is -0.194. The van der Waals surface area contributed by atoms with E-state index in [1.54, 1.807) is 0 Å². The van der Waals surface area contributed by atoms with Gasteiger partial charge in [-0.15, -0.1) is 0 Å². The molecule has 0 radical (unpaired) electrons. The van der Waals surface area contributed by atoms with E-state index >= 15 is 0 Å². The molecule has 1 nitrogen and oxygen atoms in total. The van der Waals surface area contributed by atoms with E-state index in [1.165, 1.54) is 133 Å². The SMILES string of the molecule is CC(C)c1ccc(N(c2ccc3c(c2)C(C)(C)c2cc4c(cc2-3)C(C)(C)c2ccc3ccccc3c2-4)c2ccc3c(c2)C(C)(C)c2cc4c(cc2-3)C(C)(C)c2ccc3ccccc3c2-4)cc1. The molecule has 66 heavy (non-hydrogen) atoms. The van der Waals surface area contributed by atoms with Crippen molar-refractivity contribution in [1.29, 1.82) is 0 Å². The molecular formula is C65H57N. The summed E-state index contributed by atoms with van der Waals surface area (Å²) in [4.78, 5) is 2.51. The van der Waals surface area contributed by atoms with Crippen molar-refractivity contribution in [3.05, 3.63) is 208 Å². The summed E-state index contributed by atoms with van der Waals surface area (Å²) in [5.41, 5.74) is 26.7. The molecule has 322 valence electrons. The van der Waals surface area contributed by atoms with E-state index in [2.05, 4.69) is 232 Å². The smallest absolute Gasteiger partial charge is 0.0465 e. The van der Waals surface area contributed by atoms with Gasteiger partial charge in [0.15, 0.2) is 0 Å². The Labute approximate surface area is 390 Å². The van der Waals surface area contributed by atoms with Gasteiger partial charge < -0.3 is 4.90 Å². The van der Waals surface area contributed by atoms with Crippen LogP contribution in [0.3, 0.4) is 0 Å². The standard InChI is InChI=1S/C65H57N/c1-37(2)38-19-23-41(24-20-38)66(42-25-27-46-48-33-58-50(35-56(48)64(7,8)54(46)31-42)60-44-17-13-11-15-39(44)21-29-52(60)62(58,3)4)43-26-28-47-49-34-59-51(36-57(49)65(9,10)55(47)32-43)61-45-18-14-12-16-40(45)22-30-53(61)63(59,5)6/h11-37H,1-10H3. The van der Waals surface area contributed by atoms with Gasteiger partial charge in [0.1, 0.15) is 0 Å². The van der Waals surface area contributed by atoms with E-state index in [4.69, 9.17) is 0 Å². The van der Waals surface area contributed by atoms with Crippen molar-refractivity contribution >= 4 is 38.6 Å². The Kier molecular flexibility index (Phi) is 7.81. The maximum Gasteiger partial charge on any atom is 0.0465 e. The quantitative estimate of drug-likeness (QED) is 0.170. The second-order valence-corrected chi connectivity index (χ2v) is 22.3. The van der Waals surface area contributed by atoms with E-state index in [1.807, 2.05) is 0 Å². The molecule has 0 aromatic heterocycles. The van der Waals surface area contributed by atoms with Crippen LogP contribution in [0.2, 0.25) is 0 Å². The first-order valence-electron chi connectivity index (χ1n) is 24.2. The maximum atomic E-state index is 2.56. The predicted octanol–water partition coefficient (Wildman–Crippen LogP) is 17.8. The van der Waals surface area contributed by atoms with Crippen LogP contribution in [0.25, 0.3) is 66.1 Å². The third-order valence-electron chi connectivity index (χ3n) is 17.0. The van der Waals surface area contributed by atoms with E-state index in [-0.39, 0.29) is 21.7 Å². The summed E-state index contributed by atoms with van der Waals surface area (Å²) in [5.74, 6) is 0.458. The molecule has 1 heteroatoms. The first-order chi connectivity index (χ1) is 31.6. The number of fused-ring (bicyclic) bond motifs is 16. The van der Waals surface area contributed by atoms with Crippen LogP contribution in [0.4, 0.5) is 17.1 Å². The second kappa shape index (κ2) is 13.0. The Morgan fingerprint density at radius 2 is 0.682 bits per heavy atom. The summed E-state index contributed by atoms with van der Waals surface area (Å²) in [6, 6.07) is 61.4. The van der Waals surface area contributed by atoms with Crippen molar-refractivity contribution in [3.63, 3.8) is 0 Å². The highest BCUT2D eigenvalue weighted by Crippen LogP contribution is 2.60. The number of nitrogens with zero attached hydrogens (tertiary/aromatic N) is 1. The molecule has 0 spiro atoms. The molecule has 4 aliphatic rings. The molecule has 9 aromatic rings. The van der Waals surface area contributed by atoms with Gasteiger partial charge in [0.05, 0.1) is 0 Å². The van der Waals surface area contributed by atoms with E-state index in [9.17, 15) is 0 Å². The molecule has 0 saturated carbocycles. The van der Waals surface area contributed by atoms with Gasteiger partial charge in [-0.1, -0.05) is 166 Å². The van der Waals surface area contributed by atoms with Crippen LogP contribution in [-0.2, 0) is 21.7 Å². The van der Waals surface area contributed by atoms with Crippen molar-refractivity contribution in [2.75, 3.05) is 4.90 Å². The lowest BCUT2D eigenvalue weighted by atomic mass is 9.79. The Hall–Kier alpha value is -6.70. The van der Waals surface area contributed by atoms with Gasteiger partial charge in [-0.2, -0.15) is 0 Å². The average Bonchev–Trinajstić information content (AvgIpc) is 3.87. The van der Waals surface area contributed by atoms with Crippen LogP contribution in [0, 0.1) is 0 Å². The maximum absolute atomic E-state index is 2.56. The number of rotatable bonds is 4. The summed E-state index contributed by atoms with van der Waals surface area (Å²) >= 11 is 0. The molecule has 9 aromatic carbocycles. The van der Waals surface area contributed by atoms with E-state index < -0.39 is 0 Å². The van der Waals surface area contributed by atoms with E-state index in [0.29, 0.717) is 5.92 Å². The zero-order valence-corrected chi connectivity index (χ0v) is 40.0. The number of benzene rings is 9. The monoisotopic (exact) mass is 851 g/mol. The van der Waals surface area contributed by atoms with Crippen LogP contribution in [0.5, 0.6) is 0 Å². The van der Waals surface area contributed by atoms with Crippen LogP contribution >= 0.6 is 0 Å². The molecule has 0 unspecified atom stereocenters. The van der Waals surface area contributed by atoms with Gasteiger partial charge in [-0.3, -0.25) is 0 Å². The summed E-state index contributed by atoms with van der Waals surface area (Å²) in [6.45, 7) is 24.0. The van der Waals surface area contributed by atoms with E-state index in [0.717, 1.165) is 0 Å². The molecule has 0 amide bonds. The number of anilines is 3. The van der Waals surface area contributed by atoms with Gasteiger partial charge in [0.2, 0.25) is 0 Å². The largest absolute Gasteiger partial charge is 0.310 e. The summed E-state index contributed by atoms with van der Waals surface area (Å²) in [6.07, 6.45) is 0. The Morgan fingerprint density at radius 1 is 0.318 bits per heavy atom. The first kappa shape index (κ1) is 39.6. The molecule has 0 bridgehead atoms. The zero-order valence-electron chi connectivity index (χ0n) is 40.0. The fourth-order valence-corrected chi connectivity index (χ4v) is 13.2. The van der Waals surface area contributed by atoms with Crippen molar-refractivity contribution in [1.82, 2.24) is 0 Å². The van der Waals surface area contributed by atoms with Gasteiger partial charge in [0, 0.05) is 38.7 Å². The topological polar surface area (TPSA) is 3.24 Å². The van der Waals surface area contributed by atoms with Crippen LogP contribution in [0.1, 0.15) is 125 Å². The Balaban J connectivity index is 0.949. The molecule has 0 atom stereocenters. The predicted molar refractivity (Wildman–Crippen MR) is 280 cm³/mol. The van der Waals surface area contributed by atoms with Crippen LogP contribution in [0.15, 0.2) is 158 Å². The van der Waals surface area contributed by atoms with Crippen molar-refractivity contribution < 1.29 is 0 Å². The summed E-state index contributed by atoms with van der Waals surface area (Å²) in [7, 11) is 0. The lowest BCUT2D eigenvalue weighted by Gasteiger charge is -2.30. The molecule has 13 rings (SSSR count). The molecular weight excluding hydrogens is 795 g/mol. The Bertz CT molecular complexity index is 3390. The van der Waals surface area contributed by atoms with Gasteiger partial charge in [0.25, 0.3) is 0 Å². The lowest BCUT2D eigenvalue weighted by Crippen LogP contribution is -2.18. The highest BCUT2D eigenvalue weighted by Gasteiger charge is 2.44. The number of hydrogen-bond acceptors (Lipinski definition) is 1. The fourth-order valence-electron chi connectivity index (χ4n) is 13.2. The minimum Gasteiger partial charge on any atom is -0.310 e. The van der Waals surface area contributed by atoms with Crippen molar-refractivity contribution in [3.8, 4) is 44.5 Å². The van der Waals surface area contributed by atoms with Gasteiger partial charge in [-0.25, -0.2) is 0 Å². The minimum absolute atomic E-state index is 0.0916. The highest BCUT2D eigenvalue weighted by atomic mass is 15.1. The fraction of sp³-hybridized carbons (Fsp3) is 0.231. The number of hydrogen-bond donors (Lipinski definition) is 0. The normalized spacial score (nSPS) is 16.7. The lowest BCUT2D eigenvalue weighted by molar-refractivity contribution is 0.652. The highest BCUT2D eigenvalue weighted by molar-refractivity contribution is 6.05. The second-order valence-electron chi connectivity index (χ2n) is 22.3. The summed E-state index contributed by atoms with van der Waals surface area (Å²) in [5, 5.41) is 5.31. The van der Waals surface area contributed by atoms with Gasteiger partial charge >= 0.3 is 0 Å². The molecule has 0 N–H and O–H groups in total. The molecule has 0 heterocycles. The third-order valence-corrected chi connectivity index (χ3v) is 17.0. The average molecular weight is 852 g/mol. The van der Waals surface area contributed by atoms with Crippen molar-refractivity contribution in [2.24, 2.45) is 0 Å². The molecule has 0 saturated heterocycles. The Morgan fingerprint density at radius 3 is 1.12 bits per heavy atom. The van der Waals surface area contributed by atoms with Crippen LogP contribution < -0.4 is 4.90 Å². The third kappa shape index (κ3) is 5.07. The molecule has 0 aliphatic heterocycles. The van der Waals surface area contributed by atoms with Crippen molar-refractivity contribution in [2.45, 2.75) is 96.8 Å².